The number of hydrogen-bond acceptors (Lipinski definition) is 3. The van der Waals surface area contributed by atoms with E-state index in [4.69, 9.17) is 0 Å². The summed E-state index contributed by atoms with van der Waals surface area (Å²) in [4.78, 5) is 12.1. The summed E-state index contributed by atoms with van der Waals surface area (Å²) >= 11 is 0. The molecule has 140 valence electrons. The van der Waals surface area contributed by atoms with E-state index in [0.717, 1.165) is 37.6 Å². The smallest absolute Gasteiger partial charge is 0.193 e. The molecule has 1 N–H and O–H groups in total. The first kappa shape index (κ1) is 20.2. The van der Waals surface area contributed by atoms with Crippen LogP contribution in [-0.2, 0) is 0 Å². The quantitative estimate of drug-likeness (QED) is 0.396. The second-order valence-electron chi connectivity index (χ2n) is 7.78. The van der Waals surface area contributed by atoms with Crippen molar-refractivity contribution in [2.75, 3.05) is 53.9 Å². The van der Waals surface area contributed by atoms with Crippen molar-refractivity contribution in [2.45, 2.75) is 50.6 Å². The molecule has 1 aliphatic carbocycles. The van der Waals surface area contributed by atoms with Gasteiger partial charge in [0.25, 0.3) is 0 Å². The molecule has 2 atom stereocenters. The van der Waals surface area contributed by atoms with E-state index < -0.39 is 0 Å². The fourth-order valence-electron chi connectivity index (χ4n) is 4.30. The highest BCUT2D eigenvalue weighted by Crippen LogP contribution is 2.34. The van der Waals surface area contributed by atoms with Crippen molar-refractivity contribution >= 4 is 29.9 Å². The summed E-state index contributed by atoms with van der Waals surface area (Å²) in [6, 6.07) is 1.38. The number of hydrogen-bond donors (Lipinski definition) is 1. The van der Waals surface area contributed by atoms with Crippen molar-refractivity contribution < 1.29 is 0 Å². The molecular formula is C18H36IN5. The van der Waals surface area contributed by atoms with Crippen molar-refractivity contribution in [3.05, 3.63) is 0 Å². The molecule has 0 aromatic heterocycles. The molecule has 0 amide bonds. The van der Waals surface area contributed by atoms with E-state index >= 15 is 0 Å². The van der Waals surface area contributed by atoms with Crippen molar-refractivity contribution in [3.8, 4) is 0 Å². The Hall–Kier alpha value is -0.0800. The van der Waals surface area contributed by atoms with Crippen LogP contribution in [-0.4, -0.2) is 86.6 Å². The first-order valence-corrected chi connectivity index (χ1v) is 9.55. The van der Waals surface area contributed by atoms with Crippen LogP contribution in [0.3, 0.4) is 0 Å². The van der Waals surface area contributed by atoms with E-state index in [2.05, 4.69) is 39.1 Å². The highest BCUT2D eigenvalue weighted by atomic mass is 127. The zero-order valence-electron chi connectivity index (χ0n) is 15.7. The van der Waals surface area contributed by atoms with E-state index in [1.807, 2.05) is 7.05 Å². The van der Waals surface area contributed by atoms with Crippen LogP contribution in [0.15, 0.2) is 4.99 Å². The van der Waals surface area contributed by atoms with Gasteiger partial charge in [-0.05, 0) is 65.2 Å². The average molecular weight is 449 g/mol. The van der Waals surface area contributed by atoms with Crippen LogP contribution >= 0.6 is 24.0 Å². The Bertz CT molecular complexity index is 402. The maximum absolute atomic E-state index is 4.56. The lowest BCUT2D eigenvalue weighted by Gasteiger charge is -2.32. The van der Waals surface area contributed by atoms with Crippen LogP contribution in [0, 0.1) is 5.92 Å². The summed E-state index contributed by atoms with van der Waals surface area (Å²) < 4.78 is 0. The van der Waals surface area contributed by atoms with Gasteiger partial charge in [-0.2, -0.15) is 0 Å². The maximum atomic E-state index is 4.56. The predicted octanol–water partition coefficient (Wildman–Crippen LogP) is 2.08. The number of aliphatic imine (C=N–C) groups is 1. The van der Waals surface area contributed by atoms with Gasteiger partial charge in [-0.15, -0.1) is 24.0 Å². The molecule has 3 fully saturated rings. The Morgan fingerprint density at radius 1 is 1.12 bits per heavy atom. The van der Waals surface area contributed by atoms with Crippen molar-refractivity contribution in [2.24, 2.45) is 10.9 Å². The molecule has 0 aromatic carbocycles. The standard InChI is InChI=1S/C18H35N5.HI/c1-19-18(20-13-17(21(2)3)15-7-8-15)23-12-9-16(14-23)22-10-5-4-6-11-22;/h15-17H,4-14H2,1-3H3,(H,19,20);1H. The SMILES string of the molecule is CN=C(NCC(C1CC1)N(C)C)N1CCC(N2CCCCC2)C1.I. The summed E-state index contributed by atoms with van der Waals surface area (Å²) in [5.74, 6) is 1.99. The van der Waals surface area contributed by atoms with E-state index in [1.165, 1.54) is 51.6 Å². The van der Waals surface area contributed by atoms with E-state index in [1.54, 1.807) is 0 Å². The van der Waals surface area contributed by atoms with Crippen molar-refractivity contribution in [1.82, 2.24) is 20.0 Å². The molecule has 2 aliphatic heterocycles. The summed E-state index contributed by atoms with van der Waals surface area (Å²) in [5, 5.41) is 3.65. The number of halogens is 1. The molecule has 0 radical (unpaired) electrons. The Balaban J connectivity index is 0.00000208. The zero-order chi connectivity index (χ0) is 16.2. The fraction of sp³-hybridized carbons (Fsp3) is 0.944. The summed E-state index contributed by atoms with van der Waals surface area (Å²) in [5.41, 5.74) is 0. The molecule has 0 bridgehead atoms. The fourth-order valence-corrected chi connectivity index (χ4v) is 4.30. The molecule has 1 saturated carbocycles. The lowest BCUT2D eigenvalue weighted by Crippen LogP contribution is -2.48. The minimum Gasteiger partial charge on any atom is -0.355 e. The lowest BCUT2D eigenvalue weighted by molar-refractivity contribution is 0.168. The second-order valence-corrected chi connectivity index (χ2v) is 7.78. The number of likely N-dealkylation sites (N-methyl/N-ethyl adjacent to an activating group) is 1. The molecule has 6 heteroatoms. The van der Waals surface area contributed by atoms with Gasteiger partial charge in [0.2, 0.25) is 0 Å². The van der Waals surface area contributed by atoms with Gasteiger partial charge in [0.05, 0.1) is 0 Å². The van der Waals surface area contributed by atoms with Crippen molar-refractivity contribution in [1.29, 1.82) is 0 Å². The monoisotopic (exact) mass is 449 g/mol. The Morgan fingerprint density at radius 2 is 1.83 bits per heavy atom. The Kier molecular flexibility index (Phi) is 8.07. The number of piperidine rings is 1. The normalized spacial score (nSPS) is 27.2. The first-order valence-electron chi connectivity index (χ1n) is 9.55. The molecule has 24 heavy (non-hydrogen) atoms. The van der Waals surface area contributed by atoms with Crippen LogP contribution < -0.4 is 5.32 Å². The largest absolute Gasteiger partial charge is 0.355 e. The molecule has 2 unspecified atom stereocenters. The topological polar surface area (TPSA) is 34.1 Å². The molecule has 3 rings (SSSR count). The molecule has 0 aromatic rings. The molecular weight excluding hydrogens is 413 g/mol. The molecule has 3 aliphatic rings. The van der Waals surface area contributed by atoms with Gasteiger partial charge >= 0.3 is 0 Å². The number of nitrogens with one attached hydrogen (secondary N) is 1. The minimum atomic E-state index is 0. The molecule has 2 saturated heterocycles. The van der Waals surface area contributed by atoms with Gasteiger partial charge in [0.1, 0.15) is 0 Å². The van der Waals surface area contributed by atoms with Gasteiger partial charge in [-0.1, -0.05) is 6.42 Å². The highest BCUT2D eigenvalue weighted by molar-refractivity contribution is 14.0. The molecule has 2 heterocycles. The summed E-state index contributed by atoms with van der Waals surface area (Å²) in [6.07, 6.45) is 8.27. The average Bonchev–Trinajstić information content (AvgIpc) is 3.28. The molecule has 5 nitrogen and oxygen atoms in total. The highest BCUT2D eigenvalue weighted by Gasteiger charge is 2.34. The van der Waals surface area contributed by atoms with Crippen LogP contribution in [0.25, 0.3) is 0 Å². The maximum Gasteiger partial charge on any atom is 0.193 e. The molecule has 0 spiro atoms. The van der Waals surface area contributed by atoms with Crippen LogP contribution in [0.5, 0.6) is 0 Å². The third-order valence-electron chi connectivity index (χ3n) is 5.88. The minimum absolute atomic E-state index is 0. The lowest BCUT2D eigenvalue weighted by atomic mass is 10.1. The first-order chi connectivity index (χ1) is 11.2. The van der Waals surface area contributed by atoms with E-state index in [9.17, 15) is 0 Å². The number of guanidine groups is 1. The van der Waals surface area contributed by atoms with Gasteiger partial charge in [-0.25, -0.2) is 0 Å². The third kappa shape index (κ3) is 5.21. The van der Waals surface area contributed by atoms with Gasteiger partial charge in [0, 0.05) is 38.8 Å². The van der Waals surface area contributed by atoms with Crippen molar-refractivity contribution in [3.63, 3.8) is 0 Å². The predicted molar refractivity (Wildman–Crippen MR) is 112 cm³/mol. The Labute approximate surface area is 165 Å². The second kappa shape index (κ2) is 9.57. The van der Waals surface area contributed by atoms with Crippen LogP contribution in [0.4, 0.5) is 0 Å². The van der Waals surface area contributed by atoms with Gasteiger partial charge in [-0.3, -0.25) is 9.89 Å². The third-order valence-corrected chi connectivity index (χ3v) is 5.88. The zero-order valence-corrected chi connectivity index (χ0v) is 18.0. The number of likely N-dealkylation sites (tertiary alicyclic amines) is 2. The van der Waals surface area contributed by atoms with Crippen LogP contribution in [0.2, 0.25) is 0 Å². The Morgan fingerprint density at radius 3 is 2.42 bits per heavy atom. The van der Waals surface area contributed by atoms with E-state index in [-0.39, 0.29) is 24.0 Å². The number of nitrogens with zero attached hydrogens (tertiary/aromatic N) is 4. The van der Waals surface area contributed by atoms with Crippen LogP contribution in [0.1, 0.15) is 38.5 Å². The summed E-state index contributed by atoms with van der Waals surface area (Å²) in [7, 11) is 6.34. The summed E-state index contributed by atoms with van der Waals surface area (Å²) in [6.45, 7) is 5.92. The van der Waals surface area contributed by atoms with E-state index in [0.29, 0.717) is 6.04 Å². The van der Waals surface area contributed by atoms with Gasteiger partial charge < -0.3 is 15.1 Å². The number of rotatable bonds is 5. The van der Waals surface area contributed by atoms with Gasteiger partial charge in [0.15, 0.2) is 5.96 Å².